The number of amides is 1. The number of hydrogen-bond donors (Lipinski definition) is 1. The highest BCUT2D eigenvalue weighted by Crippen LogP contribution is 2.23. The van der Waals surface area contributed by atoms with Crippen molar-refractivity contribution in [2.24, 2.45) is 0 Å². The second kappa shape index (κ2) is 10.1. The van der Waals surface area contributed by atoms with Crippen LogP contribution >= 0.6 is 11.8 Å². The summed E-state index contributed by atoms with van der Waals surface area (Å²) < 4.78 is 5.18. The van der Waals surface area contributed by atoms with Crippen LogP contribution in [0.3, 0.4) is 0 Å². The molecule has 29 heavy (non-hydrogen) atoms. The molecule has 2 aromatic carbocycles. The summed E-state index contributed by atoms with van der Waals surface area (Å²) in [5, 5.41) is 4.78. The third-order valence-electron chi connectivity index (χ3n) is 4.39. The lowest BCUT2D eigenvalue weighted by Gasteiger charge is -2.08. The van der Waals surface area contributed by atoms with Crippen LogP contribution in [-0.4, -0.2) is 29.2 Å². The standard InChI is InChI=1S/C23H24N2O3S/c1-3-4-13-28-23(27)17-9-11-18(12-10-17)24-21(26)15-29-22-14-16(2)19-7-5-6-8-20(19)25-22/h5-12,14H,3-4,13,15H2,1-2H3,(H,24,26). The van der Waals surface area contributed by atoms with Gasteiger partial charge in [-0.15, -0.1) is 0 Å². The molecule has 0 radical (unpaired) electrons. The summed E-state index contributed by atoms with van der Waals surface area (Å²) in [7, 11) is 0. The molecule has 6 heteroatoms. The number of nitrogens with one attached hydrogen (secondary N) is 1. The maximum absolute atomic E-state index is 12.3. The average Bonchev–Trinajstić information content (AvgIpc) is 2.73. The number of thioether (sulfide) groups is 1. The van der Waals surface area contributed by atoms with Gasteiger partial charge < -0.3 is 10.1 Å². The van der Waals surface area contributed by atoms with Crippen LogP contribution in [0.25, 0.3) is 10.9 Å². The second-order valence-corrected chi connectivity index (χ2v) is 7.69. The molecule has 1 amide bonds. The first kappa shape index (κ1) is 20.9. The van der Waals surface area contributed by atoms with Crippen molar-refractivity contribution in [2.45, 2.75) is 31.7 Å². The van der Waals surface area contributed by atoms with Crippen molar-refractivity contribution < 1.29 is 14.3 Å². The predicted molar refractivity (Wildman–Crippen MR) is 117 cm³/mol. The molecule has 0 aliphatic heterocycles. The van der Waals surface area contributed by atoms with Crippen molar-refractivity contribution in [3.8, 4) is 0 Å². The van der Waals surface area contributed by atoms with Gasteiger partial charge in [0.25, 0.3) is 0 Å². The van der Waals surface area contributed by atoms with Gasteiger partial charge in [-0.05, 0) is 55.3 Å². The molecule has 0 saturated carbocycles. The summed E-state index contributed by atoms with van der Waals surface area (Å²) in [4.78, 5) is 28.8. The fraction of sp³-hybridized carbons (Fsp3) is 0.261. The number of anilines is 1. The van der Waals surface area contributed by atoms with Crippen LogP contribution in [0.15, 0.2) is 59.6 Å². The molecule has 0 fully saturated rings. The Morgan fingerprint density at radius 1 is 1.10 bits per heavy atom. The second-order valence-electron chi connectivity index (χ2n) is 6.70. The first-order chi connectivity index (χ1) is 14.1. The summed E-state index contributed by atoms with van der Waals surface area (Å²) in [6.07, 6.45) is 1.83. The van der Waals surface area contributed by atoms with E-state index >= 15 is 0 Å². The minimum atomic E-state index is -0.343. The van der Waals surface area contributed by atoms with Crippen molar-refractivity contribution in [2.75, 3.05) is 17.7 Å². The molecule has 0 aliphatic rings. The molecule has 3 aromatic rings. The van der Waals surface area contributed by atoms with E-state index in [4.69, 9.17) is 4.74 Å². The van der Waals surface area contributed by atoms with E-state index in [1.165, 1.54) is 11.8 Å². The van der Waals surface area contributed by atoms with E-state index in [0.717, 1.165) is 34.3 Å². The van der Waals surface area contributed by atoms with Crippen LogP contribution in [0.2, 0.25) is 0 Å². The van der Waals surface area contributed by atoms with Gasteiger partial charge in [-0.3, -0.25) is 4.79 Å². The number of pyridine rings is 1. The van der Waals surface area contributed by atoms with E-state index < -0.39 is 0 Å². The number of rotatable bonds is 8. The molecule has 0 aliphatic carbocycles. The molecule has 1 aromatic heterocycles. The Kier molecular flexibility index (Phi) is 7.25. The van der Waals surface area contributed by atoms with Gasteiger partial charge in [0.1, 0.15) is 0 Å². The zero-order chi connectivity index (χ0) is 20.6. The number of aromatic nitrogens is 1. The van der Waals surface area contributed by atoms with E-state index in [1.54, 1.807) is 24.3 Å². The zero-order valence-corrected chi connectivity index (χ0v) is 17.4. The van der Waals surface area contributed by atoms with E-state index in [2.05, 4.69) is 10.3 Å². The predicted octanol–water partition coefficient (Wildman–Crippen LogP) is 5.23. The van der Waals surface area contributed by atoms with E-state index in [1.807, 2.05) is 44.2 Å². The normalized spacial score (nSPS) is 10.7. The SMILES string of the molecule is CCCCOC(=O)c1ccc(NC(=O)CSc2cc(C)c3ccccc3n2)cc1. The molecular formula is C23H24N2O3S. The molecule has 1 N–H and O–H groups in total. The molecule has 1 heterocycles. The van der Waals surface area contributed by atoms with Gasteiger partial charge in [-0.2, -0.15) is 0 Å². The molecule has 3 rings (SSSR count). The van der Waals surface area contributed by atoms with Gasteiger partial charge in [-0.1, -0.05) is 43.3 Å². The lowest BCUT2D eigenvalue weighted by atomic mass is 10.1. The largest absolute Gasteiger partial charge is 0.462 e. The summed E-state index contributed by atoms with van der Waals surface area (Å²) in [5.74, 6) is -0.212. The molecule has 0 atom stereocenters. The summed E-state index contributed by atoms with van der Waals surface area (Å²) in [5.41, 5.74) is 3.18. The van der Waals surface area contributed by atoms with Crippen LogP contribution < -0.4 is 5.32 Å². The maximum Gasteiger partial charge on any atom is 0.338 e. The maximum atomic E-state index is 12.3. The van der Waals surface area contributed by atoms with E-state index in [-0.39, 0.29) is 17.6 Å². The Balaban J connectivity index is 1.54. The number of nitrogens with zero attached hydrogens (tertiary/aromatic N) is 1. The molecule has 0 unspecified atom stereocenters. The number of ether oxygens (including phenoxy) is 1. The van der Waals surface area contributed by atoms with Gasteiger partial charge in [0, 0.05) is 11.1 Å². The highest BCUT2D eigenvalue weighted by molar-refractivity contribution is 7.99. The van der Waals surface area contributed by atoms with Crippen molar-refractivity contribution in [3.05, 3.63) is 65.7 Å². The number of carbonyl (C=O) groups is 2. The van der Waals surface area contributed by atoms with Gasteiger partial charge in [0.2, 0.25) is 5.91 Å². The van der Waals surface area contributed by atoms with Crippen molar-refractivity contribution >= 4 is 40.2 Å². The Hall–Kier alpha value is -2.86. The molecule has 5 nitrogen and oxygen atoms in total. The number of esters is 1. The minimum absolute atomic E-state index is 0.124. The highest BCUT2D eigenvalue weighted by atomic mass is 32.2. The van der Waals surface area contributed by atoms with Gasteiger partial charge in [0.15, 0.2) is 0 Å². The van der Waals surface area contributed by atoms with Gasteiger partial charge >= 0.3 is 5.97 Å². The Labute approximate surface area is 174 Å². The Bertz CT molecular complexity index is 1000. The number of carbonyl (C=O) groups excluding carboxylic acids is 2. The number of hydrogen-bond acceptors (Lipinski definition) is 5. The Morgan fingerprint density at radius 2 is 1.86 bits per heavy atom. The lowest BCUT2D eigenvalue weighted by Crippen LogP contribution is -2.14. The lowest BCUT2D eigenvalue weighted by molar-refractivity contribution is -0.113. The molecule has 0 saturated heterocycles. The van der Waals surface area contributed by atoms with Gasteiger partial charge in [-0.25, -0.2) is 9.78 Å². The third-order valence-corrected chi connectivity index (χ3v) is 5.30. The van der Waals surface area contributed by atoms with Crippen LogP contribution in [0, 0.1) is 6.92 Å². The van der Waals surface area contributed by atoms with E-state index in [0.29, 0.717) is 17.9 Å². The monoisotopic (exact) mass is 408 g/mol. The fourth-order valence-corrected chi connectivity index (χ4v) is 3.59. The molecular weight excluding hydrogens is 384 g/mol. The quantitative estimate of drug-likeness (QED) is 0.314. The number of aryl methyl sites for hydroxylation is 1. The first-order valence-corrected chi connectivity index (χ1v) is 10.6. The average molecular weight is 409 g/mol. The van der Waals surface area contributed by atoms with Crippen LogP contribution in [0.4, 0.5) is 5.69 Å². The number of para-hydroxylation sites is 1. The minimum Gasteiger partial charge on any atom is -0.462 e. The van der Waals surface area contributed by atoms with Gasteiger partial charge in [0.05, 0.1) is 28.5 Å². The summed E-state index contributed by atoms with van der Waals surface area (Å²) in [6, 6.07) is 16.7. The number of unbranched alkanes of at least 4 members (excludes halogenated alkanes) is 1. The molecule has 150 valence electrons. The summed E-state index contributed by atoms with van der Waals surface area (Å²) >= 11 is 1.40. The fourth-order valence-electron chi connectivity index (χ4n) is 2.81. The van der Waals surface area contributed by atoms with Crippen molar-refractivity contribution in [1.82, 2.24) is 4.98 Å². The number of benzene rings is 2. The number of fused-ring (bicyclic) bond motifs is 1. The first-order valence-electron chi connectivity index (χ1n) is 9.63. The van der Waals surface area contributed by atoms with Crippen LogP contribution in [0.5, 0.6) is 0 Å². The topological polar surface area (TPSA) is 68.3 Å². The smallest absolute Gasteiger partial charge is 0.338 e. The molecule has 0 spiro atoms. The van der Waals surface area contributed by atoms with E-state index in [9.17, 15) is 9.59 Å². The van der Waals surface area contributed by atoms with Crippen molar-refractivity contribution in [3.63, 3.8) is 0 Å². The van der Waals surface area contributed by atoms with Crippen molar-refractivity contribution in [1.29, 1.82) is 0 Å². The Morgan fingerprint density at radius 3 is 2.62 bits per heavy atom. The zero-order valence-electron chi connectivity index (χ0n) is 16.6. The molecule has 0 bridgehead atoms. The third kappa shape index (κ3) is 5.81. The van der Waals surface area contributed by atoms with Crippen LogP contribution in [0.1, 0.15) is 35.7 Å². The van der Waals surface area contributed by atoms with Crippen LogP contribution in [-0.2, 0) is 9.53 Å². The summed E-state index contributed by atoms with van der Waals surface area (Å²) in [6.45, 7) is 4.51. The highest BCUT2D eigenvalue weighted by Gasteiger charge is 2.09.